The number of rotatable bonds is 4. The molecule has 4 heteroatoms. The van der Waals surface area contributed by atoms with Gasteiger partial charge in [-0.15, -0.1) is 0 Å². The van der Waals surface area contributed by atoms with Crippen molar-refractivity contribution in [2.75, 3.05) is 12.4 Å². The molecule has 1 heterocycles. The zero-order valence-corrected chi connectivity index (χ0v) is 11.9. The number of nitrogens with one attached hydrogen (secondary N) is 1. The minimum absolute atomic E-state index is 0.0440. The van der Waals surface area contributed by atoms with Gasteiger partial charge in [-0.1, -0.05) is 30.3 Å². The largest absolute Gasteiger partial charge is 0.493 e. The van der Waals surface area contributed by atoms with Crippen LogP contribution in [0.15, 0.2) is 42.5 Å². The molecule has 1 N–H and O–H groups in total. The van der Waals surface area contributed by atoms with Gasteiger partial charge in [-0.05, 0) is 23.6 Å². The average molecular weight is 283 g/mol. The zero-order valence-electron chi connectivity index (χ0n) is 11.9. The highest BCUT2D eigenvalue weighted by Gasteiger charge is 2.18. The fraction of sp³-hybridized carbons (Fsp3) is 0.235. The summed E-state index contributed by atoms with van der Waals surface area (Å²) in [5.74, 6) is 1.38. The van der Waals surface area contributed by atoms with E-state index < -0.39 is 0 Å². The van der Waals surface area contributed by atoms with Crippen molar-refractivity contribution in [1.29, 1.82) is 0 Å². The Kier molecular flexibility index (Phi) is 3.77. The molecule has 2 aromatic rings. The number of aryl methyl sites for hydroxylation is 1. The predicted octanol–water partition coefficient (Wildman–Crippen LogP) is 3.16. The molecule has 0 spiro atoms. The highest BCUT2D eigenvalue weighted by molar-refractivity contribution is 5.94. The lowest BCUT2D eigenvalue weighted by Gasteiger charge is -2.20. The number of hydrogen-bond acceptors (Lipinski definition) is 3. The van der Waals surface area contributed by atoms with Gasteiger partial charge in [0.25, 0.3) is 0 Å². The van der Waals surface area contributed by atoms with Gasteiger partial charge in [-0.2, -0.15) is 0 Å². The maximum Gasteiger partial charge on any atom is 0.224 e. The van der Waals surface area contributed by atoms with Crippen LogP contribution in [0.1, 0.15) is 17.5 Å². The second-order valence-electron chi connectivity index (χ2n) is 4.98. The molecule has 108 valence electrons. The molecule has 0 fully saturated rings. The first-order valence-corrected chi connectivity index (χ1v) is 6.94. The van der Waals surface area contributed by atoms with E-state index in [0.29, 0.717) is 24.5 Å². The van der Waals surface area contributed by atoms with E-state index in [4.69, 9.17) is 9.47 Å². The maximum absolute atomic E-state index is 11.4. The summed E-state index contributed by atoms with van der Waals surface area (Å²) in [5, 5.41) is 2.86. The van der Waals surface area contributed by atoms with Crippen LogP contribution in [0.2, 0.25) is 0 Å². The molecular formula is C17H17NO3. The van der Waals surface area contributed by atoms with Gasteiger partial charge in [0.2, 0.25) is 5.91 Å². The Balaban J connectivity index is 1.83. The van der Waals surface area contributed by atoms with Crippen LogP contribution in [0, 0.1) is 0 Å². The molecule has 0 unspecified atom stereocenters. The SMILES string of the molecule is COc1cc2c(cc1OCc1ccccc1)CCC(=O)N2. The van der Waals surface area contributed by atoms with Crippen molar-refractivity contribution < 1.29 is 14.3 Å². The molecule has 1 aliphatic rings. The molecule has 1 aliphatic heterocycles. The number of amides is 1. The van der Waals surface area contributed by atoms with Crippen LogP contribution in [0.4, 0.5) is 5.69 Å². The second-order valence-corrected chi connectivity index (χ2v) is 4.98. The molecule has 0 atom stereocenters. The second kappa shape index (κ2) is 5.87. The summed E-state index contributed by atoms with van der Waals surface area (Å²) in [6.45, 7) is 0.488. The topological polar surface area (TPSA) is 47.6 Å². The van der Waals surface area contributed by atoms with Gasteiger partial charge in [-0.3, -0.25) is 4.79 Å². The van der Waals surface area contributed by atoms with Gasteiger partial charge in [0.05, 0.1) is 7.11 Å². The molecule has 21 heavy (non-hydrogen) atoms. The molecular weight excluding hydrogens is 266 g/mol. The minimum Gasteiger partial charge on any atom is -0.493 e. The zero-order chi connectivity index (χ0) is 14.7. The first-order chi connectivity index (χ1) is 10.3. The summed E-state index contributed by atoms with van der Waals surface area (Å²) in [7, 11) is 1.60. The molecule has 1 amide bonds. The summed E-state index contributed by atoms with van der Waals surface area (Å²) in [6.07, 6.45) is 1.24. The Bertz CT molecular complexity index is 653. The molecule has 0 saturated carbocycles. The quantitative estimate of drug-likeness (QED) is 0.937. The third-order valence-corrected chi connectivity index (χ3v) is 3.52. The Morgan fingerprint density at radius 1 is 1.10 bits per heavy atom. The van der Waals surface area contributed by atoms with Crippen molar-refractivity contribution in [2.24, 2.45) is 0 Å². The van der Waals surface area contributed by atoms with Crippen LogP contribution in [-0.2, 0) is 17.8 Å². The van der Waals surface area contributed by atoms with E-state index >= 15 is 0 Å². The monoisotopic (exact) mass is 283 g/mol. The number of carbonyl (C=O) groups is 1. The van der Waals surface area contributed by atoms with Crippen LogP contribution in [0.3, 0.4) is 0 Å². The molecule has 0 saturated heterocycles. The van der Waals surface area contributed by atoms with Crippen LogP contribution >= 0.6 is 0 Å². The van der Waals surface area contributed by atoms with Gasteiger partial charge in [0.15, 0.2) is 11.5 Å². The molecule has 0 radical (unpaired) electrons. The third-order valence-electron chi connectivity index (χ3n) is 3.52. The smallest absolute Gasteiger partial charge is 0.224 e. The van der Waals surface area contributed by atoms with Gasteiger partial charge in [-0.25, -0.2) is 0 Å². The average Bonchev–Trinajstić information content (AvgIpc) is 2.53. The lowest BCUT2D eigenvalue weighted by molar-refractivity contribution is -0.116. The number of hydrogen-bond donors (Lipinski definition) is 1. The van der Waals surface area contributed by atoms with E-state index in [1.165, 1.54) is 0 Å². The lowest BCUT2D eigenvalue weighted by atomic mass is 10.0. The van der Waals surface area contributed by atoms with E-state index in [0.717, 1.165) is 23.2 Å². The van der Waals surface area contributed by atoms with Crippen molar-refractivity contribution in [3.8, 4) is 11.5 Å². The van der Waals surface area contributed by atoms with Gasteiger partial charge in [0, 0.05) is 18.2 Å². The van der Waals surface area contributed by atoms with Crippen molar-refractivity contribution >= 4 is 11.6 Å². The fourth-order valence-electron chi connectivity index (χ4n) is 2.39. The molecule has 0 aromatic heterocycles. The van der Waals surface area contributed by atoms with Gasteiger partial charge < -0.3 is 14.8 Å². The van der Waals surface area contributed by atoms with Crippen LogP contribution in [-0.4, -0.2) is 13.0 Å². The maximum atomic E-state index is 11.4. The summed E-state index contributed by atoms with van der Waals surface area (Å²) in [5.41, 5.74) is 3.00. The van der Waals surface area contributed by atoms with E-state index in [1.54, 1.807) is 7.11 Å². The third kappa shape index (κ3) is 2.99. The number of carbonyl (C=O) groups excluding carboxylic acids is 1. The molecule has 4 nitrogen and oxygen atoms in total. The number of fused-ring (bicyclic) bond motifs is 1. The summed E-state index contributed by atoms with van der Waals surface area (Å²) in [6, 6.07) is 13.8. The minimum atomic E-state index is 0.0440. The first kappa shape index (κ1) is 13.5. The number of methoxy groups -OCH3 is 1. The van der Waals surface area contributed by atoms with Crippen LogP contribution in [0.25, 0.3) is 0 Å². The Morgan fingerprint density at radius 2 is 1.90 bits per heavy atom. The Hall–Kier alpha value is -2.49. The molecule has 3 rings (SSSR count). The Labute approximate surface area is 123 Å². The first-order valence-electron chi connectivity index (χ1n) is 6.94. The highest BCUT2D eigenvalue weighted by atomic mass is 16.5. The number of benzene rings is 2. The predicted molar refractivity (Wildman–Crippen MR) is 80.7 cm³/mol. The van der Waals surface area contributed by atoms with Gasteiger partial charge >= 0.3 is 0 Å². The number of anilines is 1. The van der Waals surface area contributed by atoms with Crippen molar-refractivity contribution in [3.05, 3.63) is 53.6 Å². The number of ether oxygens (including phenoxy) is 2. The standard InChI is InChI=1S/C17H17NO3/c1-20-15-10-14-13(7-8-17(19)18-14)9-16(15)21-11-12-5-3-2-4-6-12/h2-6,9-10H,7-8,11H2,1H3,(H,18,19). The van der Waals surface area contributed by atoms with E-state index in [-0.39, 0.29) is 5.91 Å². The van der Waals surface area contributed by atoms with Crippen LogP contribution in [0.5, 0.6) is 11.5 Å². The lowest BCUT2D eigenvalue weighted by Crippen LogP contribution is -2.19. The van der Waals surface area contributed by atoms with Crippen molar-refractivity contribution in [3.63, 3.8) is 0 Å². The highest BCUT2D eigenvalue weighted by Crippen LogP contribution is 2.36. The van der Waals surface area contributed by atoms with Crippen molar-refractivity contribution in [2.45, 2.75) is 19.4 Å². The fourth-order valence-corrected chi connectivity index (χ4v) is 2.39. The normalized spacial score (nSPS) is 13.3. The molecule has 0 aliphatic carbocycles. The summed E-state index contributed by atoms with van der Waals surface area (Å²) in [4.78, 5) is 11.4. The van der Waals surface area contributed by atoms with Crippen molar-refractivity contribution in [1.82, 2.24) is 0 Å². The molecule has 0 bridgehead atoms. The van der Waals surface area contributed by atoms with Crippen LogP contribution < -0.4 is 14.8 Å². The van der Waals surface area contributed by atoms with E-state index in [1.807, 2.05) is 42.5 Å². The van der Waals surface area contributed by atoms with E-state index in [2.05, 4.69) is 5.32 Å². The van der Waals surface area contributed by atoms with E-state index in [9.17, 15) is 4.79 Å². The summed E-state index contributed by atoms with van der Waals surface area (Å²) < 4.78 is 11.2. The summed E-state index contributed by atoms with van der Waals surface area (Å²) >= 11 is 0. The van der Waals surface area contributed by atoms with Gasteiger partial charge in [0.1, 0.15) is 6.61 Å². The Morgan fingerprint density at radius 3 is 2.67 bits per heavy atom. The molecule has 2 aromatic carbocycles.